The average molecular weight is 475 g/mol. The van der Waals surface area contributed by atoms with Crippen LogP contribution in [0.5, 0.6) is 11.5 Å². The first-order valence-electron chi connectivity index (χ1n) is 12.1. The first-order valence-corrected chi connectivity index (χ1v) is 12.1. The van der Waals surface area contributed by atoms with Gasteiger partial charge < -0.3 is 14.4 Å². The van der Waals surface area contributed by atoms with Crippen molar-refractivity contribution in [3.63, 3.8) is 0 Å². The van der Waals surface area contributed by atoms with Crippen LogP contribution >= 0.6 is 0 Å². The van der Waals surface area contributed by atoms with Crippen LogP contribution < -0.4 is 19.3 Å². The van der Waals surface area contributed by atoms with Crippen molar-refractivity contribution in [3.05, 3.63) is 48.5 Å². The Morgan fingerprint density at radius 1 is 0.886 bits per heavy atom. The number of carbonyl (C=O) groups is 4. The Bertz CT molecular complexity index is 1210. The monoisotopic (exact) mass is 474 g/mol. The van der Waals surface area contributed by atoms with Gasteiger partial charge in [-0.15, -0.1) is 0 Å². The van der Waals surface area contributed by atoms with Crippen molar-refractivity contribution in [1.29, 1.82) is 0 Å². The molecule has 180 valence electrons. The van der Waals surface area contributed by atoms with E-state index in [-0.39, 0.29) is 48.3 Å². The van der Waals surface area contributed by atoms with Gasteiger partial charge in [0, 0.05) is 30.8 Å². The van der Waals surface area contributed by atoms with Crippen LogP contribution in [-0.2, 0) is 19.2 Å². The first kappa shape index (κ1) is 21.8. The molecule has 2 heterocycles. The van der Waals surface area contributed by atoms with Gasteiger partial charge in [0.2, 0.25) is 17.7 Å². The largest absolute Gasteiger partial charge is 0.497 e. The van der Waals surface area contributed by atoms with Crippen LogP contribution in [0.2, 0.25) is 0 Å². The minimum absolute atomic E-state index is 0.0466. The second-order valence-corrected chi connectivity index (χ2v) is 9.92. The Morgan fingerprint density at radius 3 is 2.20 bits per heavy atom. The fourth-order valence-electron chi connectivity index (χ4n) is 6.44. The van der Waals surface area contributed by atoms with E-state index in [9.17, 15) is 19.2 Å². The van der Waals surface area contributed by atoms with Crippen LogP contribution in [0.15, 0.2) is 48.5 Å². The number of carbonyl (C=O) groups excluding carboxylic acids is 4. The van der Waals surface area contributed by atoms with Crippen LogP contribution in [0.4, 0.5) is 11.4 Å². The number of nitrogens with zero attached hydrogens (tertiary/aromatic N) is 2. The van der Waals surface area contributed by atoms with E-state index in [4.69, 9.17) is 9.47 Å². The van der Waals surface area contributed by atoms with Gasteiger partial charge in [0.05, 0.1) is 30.6 Å². The van der Waals surface area contributed by atoms with E-state index in [1.54, 1.807) is 60.5 Å². The highest BCUT2D eigenvalue weighted by atomic mass is 16.5. The summed E-state index contributed by atoms with van der Waals surface area (Å²) in [5.74, 6) is -0.502. The number of fused-ring (bicyclic) bond motifs is 5. The lowest BCUT2D eigenvalue weighted by Crippen LogP contribution is -2.32. The molecule has 2 aliphatic heterocycles. The third kappa shape index (κ3) is 3.50. The Hall–Kier alpha value is -3.68. The minimum Gasteiger partial charge on any atom is -0.497 e. The predicted octanol–water partition coefficient (Wildman–Crippen LogP) is 3.19. The summed E-state index contributed by atoms with van der Waals surface area (Å²) in [6.07, 6.45) is 3.06. The van der Waals surface area contributed by atoms with Gasteiger partial charge >= 0.3 is 5.97 Å². The second kappa shape index (κ2) is 8.22. The highest BCUT2D eigenvalue weighted by molar-refractivity contribution is 6.22. The number of amides is 3. The third-order valence-electron chi connectivity index (χ3n) is 8.05. The van der Waals surface area contributed by atoms with Crippen LogP contribution in [0, 0.1) is 29.6 Å². The van der Waals surface area contributed by atoms with Crippen LogP contribution in [-0.4, -0.2) is 37.3 Å². The first-order chi connectivity index (χ1) is 16.9. The molecule has 0 unspecified atom stereocenters. The van der Waals surface area contributed by atoms with Gasteiger partial charge in [-0.2, -0.15) is 0 Å². The Kier molecular flexibility index (Phi) is 5.12. The lowest BCUT2D eigenvalue weighted by Gasteiger charge is -2.19. The summed E-state index contributed by atoms with van der Waals surface area (Å²) in [7, 11) is 1.55. The molecule has 2 saturated heterocycles. The molecule has 0 aromatic heterocycles. The molecule has 4 aliphatic rings. The van der Waals surface area contributed by atoms with Gasteiger partial charge in [-0.05, 0) is 55.4 Å². The predicted molar refractivity (Wildman–Crippen MR) is 126 cm³/mol. The molecule has 0 N–H and O–H groups in total. The van der Waals surface area contributed by atoms with E-state index in [2.05, 4.69) is 0 Å². The maximum atomic E-state index is 13.1. The summed E-state index contributed by atoms with van der Waals surface area (Å²) < 4.78 is 10.8. The fourth-order valence-corrected chi connectivity index (χ4v) is 6.44. The van der Waals surface area contributed by atoms with E-state index in [1.165, 1.54) is 4.90 Å². The zero-order valence-electron chi connectivity index (χ0n) is 19.4. The van der Waals surface area contributed by atoms with E-state index < -0.39 is 11.9 Å². The van der Waals surface area contributed by atoms with E-state index in [1.807, 2.05) is 0 Å². The van der Waals surface area contributed by atoms with Crippen LogP contribution in [0.25, 0.3) is 0 Å². The lowest BCUT2D eigenvalue weighted by atomic mass is 9.81. The third-order valence-corrected chi connectivity index (χ3v) is 8.05. The number of rotatable bonds is 5. The summed E-state index contributed by atoms with van der Waals surface area (Å²) in [4.78, 5) is 54.6. The summed E-state index contributed by atoms with van der Waals surface area (Å²) in [6, 6.07) is 13.7. The molecule has 8 nitrogen and oxygen atoms in total. The highest BCUT2D eigenvalue weighted by Gasteiger charge is 2.61. The van der Waals surface area contributed by atoms with Gasteiger partial charge in [-0.3, -0.25) is 19.2 Å². The van der Waals surface area contributed by atoms with Gasteiger partial charge in [0.15, 0.2) is 0 Å². The summed E-state index contributed by atoms with van der Waals surface area (Å²) >= 11 is 0. The molecule has 3 amide bonds. The fraction of sp³-hybridized carbons (Fsp3) is 0.407. The van der Waals surface area contributed by atoms with E-state index in [0.717, 1.165) is 19.3 Å². The summed E-state index contributed by atoms with van der Waals surface area (Å²) in [6.45, 7) is 0.208. The summed E-state index contributed by atoms with van der Waals surface area (Å²) in [5, 5.41) is 0. The van der Waals surface area contributed by atoms with Gasteiger partial charge in [-0.1, -0.05) is 12.1 Å². The van der Waals surface area contributed by atoms with Crippen LogP contribution in [0.1, 0.15) is 25.7 Å². The van der Waals surface area contributed by atoms with Crippen LogP contribution in [0.3, 0.4) is 0 Å². The average Bonchev–Trinajstić information content (AvgIpc) is 3.63. The van der Waals surface area contributed by atoms with Crippen molar-refractivity contribution >= 4 is 35.1 Å². The van der Waals surface area contributed by atoms with E-state index in [0.29, 0.717) is 29.0 Å². The number of hydrogen-bond donors (Lipinski definition) is 0. The number of methoxy groups -OCH3 is 1. The molecule has 8 heteroatoms. The molecule has 5 atom stereocenters. The molecule has 0 radical (unpaired) electrons. The normalized spacial score (nSPS) is 29.2. The Balaban J connectivity index is 1.16. The van der Waals surface area contributed by atoms with Crippen molar-refractivity contribution in [2.45, 2.75) is 25.7 Å². The molecule has 2 bridgehead atoms. The molecular formula is C27H26N2O6. The second-order valence-electron chi connectivity index (χ2n) is 9.92. The van der Waals surface area contributed by atoms with Crippen molar-refractivity contribution in [2.24, 2.45) is 29.6 Å². The molecule has 2 aromatic rings. The lowest BCUT2D eigenvalue weighted by molar-refractivity contribution is -0.139. The molecule has 6 rings (SSSR count). The summed E-state index contributed by atoms with van der Waals surface area (Å²) in [5.41, 5.74) is 1.09. The highest BCUT2D eigenvalue weighted by Crippen LogP contribution is 2.56. The number of ether oxygens (including phenoxy) is 2. The molecule has 2 aromatic carbocycles. The Labute approximate surface area is 202 Å². The molecular weight excluding hydrogens is 448 g/mol. The number of benzene rings is 2. The minimum atomic E-state index is -0.623. The smallest absolute Gasteiger partial charge is 0.316 e. The van der Waals surface area contributed by atoms with Gasteiger partial charge in [-0.25, -0.2) is 4.90 Å². The standard InChI is InChI=1S/C27H26N2O6/c1-34-20-6-2-4-18(12-20)28-14-17(11-22(28)30)27(33)35-21-7-3-5-19(13-21)29-25(31)23-15-8-9-16(10-15)24(23)26(29)32/h2-7,12-13,15-17,23-24H,8-11,14H2,1H3/t15-,16-,17+,23-,24+/m0/s1. The van der Waals surface area contributed by atoms with E-state index >= 15 is 0 Å². The molecule has 2 aliphatic carbocycles. The zero-order chi connectivity index (χ0) is 24.3. The van der Waals surface area contributed by atoms with Crippen molar-refractivity contribution in [1.82, 2.24) is 0 Å². The molecule has 35 heavy (non-hydrogen) atoms. The molecule has 4 fully saturated rings. The molecule has 0 spiro atoms. The zero-order valence-corrected chi connectivity index (χ0v) is 19.4. The maximum absolute atomic E-state index is 13.1. The van der Waals surface area contributed by atoms with Gasteiger partial charge in [0.1, 0.15) is 11.5 Å². The number of anilines is 2. The Morgan fingerprint density at radius 2 is 1.51 bits per heavy atom. The topological polar surface area (TPSA) is 93.2 Å². The van der Waals surface area contributed by atoms with Gasteiger partial charge in [0.25, 0.3) is 0 Å². The number of esters is 1. The molecule has 2 saturated carbocycles. The maximum Gasteiger partial charge on any atom is 0.316 e. The SMILES string of the molecule is COc1cccc(N2C[C@H](C(=O)Oc3cccc(N4C(=O)[C@@H]5[C@H]6CC[C@@H](C6)[C@@H]5C4=O)c3)CC2=O)c1. The van der Waals surface area contributed by atoms with Crippen molar-refractivity contribution in [2.75, 3.05) is 23.5 Å². The number of imide groups is 1. The van der Waals surface area contributed by atoms with Crippen molar-refractivity contribution in [3.8, 4) is 11.5 Å². The van der Waals surface area contributed by atoms with Crippen molar-refractivity contribution < 1.29 is 28.7 Å². The number of hydrogen-bond acceptors (Lipinski definition) is 6. The quantitative estimate of drug-likeness (QED) is 0.375.